The molecule has 0 bridgehead atoms. The van der Waals surface area contributed by atoms with Crippen LogP contribution < -0.4 is 4.68 Å². The number of hydrogen-bond donors (Lipinski definition) is 0. The Balaban J connectivity index is 2.10. The van der Waals surface area contributed by atoms with Crippen molar-refractivity contribution in [1.29, 1.82) is 0 Å². The Morgan fingerprint density at radius 2 is 1.90 bits per heavy atom. The number of aromatic nitrogens is 2. The predicted molar refractivity (Wildman–Crippen MR) is 87.5 cm³/mol. The molecule has 0 saturated carbocycles. The van der Waals surface area contributed by atoms with E-state index >= 15 is 0 Å². The number of benzene rings is 2. The van der Waals surface area contributed by atoms with Crippen LogP contribution in [0.1, 0.15) is 5.56 Å². The SMILES string of the molecule is Cc1ccccc1-c1cc2c(ccc3cc[se]c32)n[n+]1C. The van der Waals surface area contributed by atoms with E-state index in [-0.39, 0.29) is 0 Å². The summed E-state index contributed by atoms with van der Waals surface area (Å²) in [6.07, 6.45) is 0. The molecular weight excluding hydrogens is 323 g/mol. The third-order valence-corrected chi connectivity index (χ3v) is 5.97. The minimum absolute atomic E-state index is 0.430. The van der Waals surface area contributed by atoms with Crippen LogP contribution in [0.25, 0.3) is 31.8 Å². The van der Waals surface area contributed by atoms with Crippen LogP contribution in [0.5, 0.6) is 0 Å². The standard InChI is InChI=1S/C18H15N2Se/c1-12-5-3-4-6-14(12)17-11-15-16(19-20(17)2)8-7-13-9-10-21-18(13)15/h3-11H,1-2H3/q+1. The van der Waals surface area contributed by atoms with Gasteiger partial charge in [-0.1, -0.05) is 0 Å². The van der Waals surface area contributed by atoms with Crippen molar-refractivity contribution in [2.75, 3.05) is 0 Å². The van der Waals surface area contributed by atoms with Crippen LogP contribution in [0.3, 0.4) is 0 Å². The van der Waals surface area contributed by atoms with Crippen LogP contribution in [-0.4, -0.2) is 19.6 Å². The van der Waals surface area contributed by atoms with E-state index in [1.165, 1.54) is 31.9 Å². The Bertz CT molecular complexity index is 969. The minimum atomic E-state index is 0.430. The van der Waals surface area contributed by atoms with Crippen LogP contribution >= 0.6 is 0 Å². The van der Waals surface area contributed by atoms with E-state index in [2.05, 4.69) is 60.4 Å². The number of rotatable bonds is 1. The topological polar surface area (TPSA) is 16.8 Å². The molecule has 2 nitrogen and oxygen atoms in total. The zero-order valence-electron chi connectivity index (χ0n) is 12.0. The van der Waals surface area contributed by atoms with Gasteiger partial charge >= 0.3 is 129 Å². The summed E-state index contributed by atoms with van der Waals surface area (Å²) in [6.45, 7) is 2.15. The summed E-state index contributed by atoms with van der Waals surface area (Å²) in [5.74, 6) is 0. The van der Waals surface area contributed by atoms with Crippen molar-refractivity contribution in [2.45, 2.75) is 6.92 Å². The Morgan fingerprint density at radius 1 is 1.05 bits per heavy atom. The maximum atomic E-state index is 4.77. The fraction of sp³-hybridized carbons (Fsp3) is 0.111. The first-order chi connectivity index (χ1) is 10.2. The fourth-order valence-electron chi connectivity index (χ4n) is 2.83. The molecule has 2 heterocycles. The summed E-state index contributed by atoms with van der Waals surface area (Å²) < 4.78 is 3.45. The van der Waals surface area contributed by atoms with E-state index in [0.29, 0.717) is 14.5 Å². The maximum absolute atomic E-state index is 4.77. The van der Waals surface area contributed by atoms with Gasteiger partial charge in [-0.25, -0.2) is 0 Å². The Kier molecular flexibility index (Phi) is 2.91. The third-order valence-electron chi connectivity index (χ3n) is 3.95. The van der Waals surface area contributed by atoms with Crippen molar-refractivity contribution in [3.05, 3.63) is 59.0 Å². The van der Waals surface area contributed by atoms with Gasteiger partial charge in [0.25, 0.3) is 0 Å². The van der Waals surface area contributed by atoms with E-state index < -0.39 is 0 Å². The van der Waals surface area contributed by atoms with Crippen molar-refractivity contribution in [2.24, 2.45) is 7.05 Å². The second-order valence-electron chi connectivity index (χ2n) is 5.31. The Hall–Kier alpha value is -1.96. The van der Waals surface area contributed by atoms with Crippen molar-refractivity contribution < 1.29 is 4.68 Å². The molecular formula is C18H15N2Se+. The van der Waals surface area contributed by atoms with Crippen molar-refractivity contribution in [3.63, 3.8) is 0 Å². The molecule has 4 aromatic rings. The molecule has 2 aromatic heterocycles. The average molecular weight is 338 g/mol. The Morgan fingerprint density at radius 3 is 2.76 bits per heavy atom. The van der Waals surface area contributed by atoms with Gasteiger partial charge in [-0.15, -0.1) is 0 Å². The first-order valence-electron chi connectivity index (χ1n) is 6.97. The van der Waals surface area contributed by atoms with Gasteiger partial charge in [0.2, 0.25) is 0 Å². The summed E-state index contributed by atoms with van der Waals surface area (Å²) in [5.41, 5.74) is 4.80. The molecule has 21 heavy (non-hydrogen) atoms. The molecule has 0 fully saturated rings. The first-order valence-corrected chi connectivity index (χ1v) is 8.82. The number of aryl methyl sites for hydroxylation is 2. The molecule has 0 spiro atoms. The van der Waals surface area contributed by atoms with Crippen LogP contribution in [0, 0.1) is 6.92 Å². The van der Waals surface area contributed by atoms with Gasteiger partial charge in [0.15, 0.2) is 0 Å². The van der Waals surface area contributed by atoms with E-state index in [1.54, 1.807) is 0 Å². The molecule has 0 radical (unpaired) electrons. The van der Waals surface area contributed by atoms with Gasteiger partial charge in [-0.05, 0) is 0 Å². The normalized spacial score (nSPS) is 11.3. The monoisotopic (exact) mass is 339 g/mol. The molecule has 0 unspecified atom stereocenters. The van der Waals surface area contributed by atoms with E-state index in [1.807, 2.05) is 11.7 Å². The van der Waals surface area contributed by atoms with Crippen LogP contribution in [0.15, 0.2) is 53.5 Å². The summed E-state index contributed by atoms with van der Waals surface area (Å²) in [5, 5.41) is 7.42. The second-order valence-corrected chi connectivity index (χ2v) is 7.23. The number of fused-ring (bicyclic) bond motifs is 3. The van der Waals surface area contributed by atoms with E-state index in [4.69, 9.17) is 5.10 Å². The second kappa shape index (κ2) is 4.80. The van der Waals surface area contributed by atoms with Crippen LogP contribution in [0.2, 0.25) is 0 Å². The molecule has 102 valence electrons. The zero-order valence-corrected chi connectivity index (χ0v) is 13.7. The molecule has 0 N–H and O–H groups in total. The molecule has 0 aliphatic heterocycles. The number of hydrogen-bond acceptors (Lipinski definition) is 1. The third kappa shape index (κ3) is 2.01. The van der Waals surface area contributed by atoms with Crippen LogP contribution in [-0.2, 0) is 7.05 Å². The molecule has 0 aliphatic rings. The average Bonchev–Trinajstić information content (AvgIpc) is 2.96. The van der Waals surface area contributed by atoms with E-state index in [9.17, 15) is 0 Å². The van der Waals surface area contributed by atoms with Crippen molar-refractivity contribution >= 4 is 35.1 Å². The summed E-state index contributed by atoms with van der Waals surface area (Å²) in [6, 6.07) is 17.3. The molecule has 3 heteroatoms. The summed E-state index contributed by atoms with van der Waals surface area (Å²) >= 11 is 0.430. The van der Waals surface area contributed by atoms with Gasteiger partial charge in [0.05, 0.1) is 0 Å². The van der Waals surface area contributed by atoms with Gasteiger partial charge < -0.3 is 0 Å². The van der Waals surface area contributed by atoms with Gasteiger partial charge in [0, 0.05) is 0 Å². The van der Waals surface area contributed by atoms with Gasteiger partial charge in [-0.3, -0.25) is 0 Å². The summed E-state index contributed by atoms with van der Waals surface area (Å²) in [7, 11) is 2.03. The number of nitrogens with zero attached hydrogens (tertiary/aromatic N) is 2. The van der Waals surface area contributed by atoms with E-state index in [0.717, 1.165) is 5.52 Å². The molecule has 0 saturated heterocycles. The fourth-order valence-corrected chi connectivity index (χ4v) is 4.75. The first kappa shape index (κ1) is 12.8. The molecule has 0 atom stereocenters. The molecule has 0 amide bonds. The quantitative estimate of drug-likeness (QED) is 0.385. The molecule has 0 aliphatic carbocycles. The zero-order chi connectivity index (χ0) is 14.4. The molecule has 4 rings (SSSR count). The van der Waals surface area contributed by atoms with Crippen molar-refractivity contribution in [3.8, 4) is 11.3 Å². The van der Waals surface area contributed by atoms with Crippen LogP contribution in [0.4, 0.5) is 0 Å². The predicted octanol–water partition coefficient (Wildman–Crippen LogP) is 3.24. The Labute approximate surface area is 129 Å². The van der Waals surface area contributed by atoms with Gasteiger partial charge in [-0.2, -0.15) is 0 Å². The summed E-state index contributed by atoms with van der Waals surface area (Å²) in [4.78, 5) is 2.29. The van der Waals surface area contributed by atoms with Crippen molar-refractivity contribution in [1.82, 2.24) is 5.10 Å². The van der Waals surface area contributed by atoms with Gasteiger partial charge in [0.1, 0.15) is 0 Å². The molecule has 2 aromatic carbocycles.